The normalized spacial score (nSPS) is 11.9. The molecule has 0 aliphatic carbocycles. The predicted molar refractivity (Wildman–Crippen MR) is 155 cm³/mol. The number of pyridine rings is 1. The molecule has 6 rings (SSSR count). The highest BCUT2D eigenvalue weighted by molar-refractivity contribution is 6.13. The molecule has 0 saturated carbocycles. The van der Waals surface area contributed by atoms with Crippen LogP contribution >= 0.6 is 0 Å². The second-order valence-electron chi connectivity index (χ2n) is 11.1. The molecule has 0 amide bonds. The lowest BCUT2D eigenvalue weighted by Crippen LogP contribution is -2.30. The standard InChI is InChI=1S/C35H31FNO/c1-22-9-18-28-32-29(36)20-19-27(33(32)38-34(28)31(22)30-8-6-7-21-37(30)5)25-12-10-23(11-13-25)24-14-16-26(17-15-24)35(2,3)4/h6-21H,1-5H3/q+1. The van der Waals surface area contributed by atoms with E-state index < -0.39 is 0 Å². The molecule has 0 saturated heterocycles. The lowest BCUT2D eigenvalue weighted by atomic mass is 9.86. The fraction of sp³-hybridized carbons (Fsp3) is 0.171. The molecule has 0 radical (unpaired) electrons. The Hall–Kier alpha value is -4.24. The van der Waals surface area contributed by atoms with Crippen molar-refractivity contribution < 1.29 is 13.4 Å². The zero-order chi connectivity index (χ0) is 26.6. The van der Waals surface area contributed by atoms with Crippen molar-refractivity contribution >= 4 is 21.9 Å². The number of rotatable bonds is 3. The van der Waals surface area contributed by atoms with Gasteiger partial charge in [-0.25, -0.2) is 8.96 Å². The summed E-state index contributed by atoms with van der Waals surface area (Å²) in [6.45, 7) is 8.74. The van der Waals surface area contributed by atoms with Gasteiger partial charge in [-0.05, 0) is 58.4 Å². The first-order valence-corrected chi connectivity index (χ1v) is 13.0. The summed E-state index contributed by atoms with van der Waals surface area (Å²) in [6.07, 6.45) is 2.01. The Morgan fingerprint density at radius 3 is 2.03 bits per heavy atom. The van der Waals surface area contributed by atoms with Gasteiger partial charge in [0.05, 0.1) is 10.9 Å². The maximum atomic E-state index is 15.3. The molecule has 2 aromatic heterocycles. The maximum Gasteiger partial charge on any atom is 0.216 e. The molecule has 0 bridgehead atoms. The van der Waals surface area contributed by atoms with Crippen LogP contribution in [0.15, 0.2) is 102 Å². The van der Waals surface area contributed by atoms with Crippen LogP contribution in [-0.4, -0.2) is 0 Å². The summed E-state index contributed by atoms with van der Waals surface area (Å²) in [5.41, 5.74) is 10.0. The number of furan rings is 1. The summed E-state index contributed by atoms with van der Waals surface area (Å²) >= 11 is 0. The highest BCUT2D eigenvalue weighted by atomic mass is 19.1. The van der Waals surface area contributed by atoms with Crippen LogP contribution in [0.4, 0.5) is 4.39 Å². The molecule has 2 heterocycles. The molecule has 0 aliphatic heterocycles. The van der Waals surface area contributed by atoms with Crippen molar-refractivity contribution in [3.8, 4) is 33.5 Å². The van der Waals surface area contributed by atoms with Gasteiger partial charge in [0, 0.05) is 23.1 Å². The zero-order valence-electron chi connectivity index (χ0n) is 22.5. The smallest absolute Gasteiger partial charge is 0.216 e. The van der Waals surface area contributed by atoms with Crippen LogP contribution in [0.5, 0.6) is 0 Å². The molecule has 0 N–H and O–H groups in total. The molecule has 188 valence electrons. The lowest BCUT2D eigenvalue weighted by Gasteiger charge is -2.19. The van der Waals surface area contributed by atoms with Gasteiger partial charge in [0.25, 0.3) is 0 Å². The number of aromatic nitrogens is 1. The van der Waals surface area contributed by atoms with E-state index in [2.05, 4.69) is 86.9 Å². The highest BCUT2D eigenvalue weighted by Gasteiger charge is 2.23. The van der Waals surface area contributed by atoms with Crippen molar-refractivity contribution in [1.82, 2.24) is 0 Å². The van der Waals surface area contributed by atoms with E-state index in [1.165, 1.54) is 11.1 Å². The molecular formula is C35H31FNO+. The molecule has 2 nitrogen and oxygen atoms in total. The molecule has 4 aromatic carbocycles. The van der Waals surface area contributed by atoms with Gasteiger partial charge in [-0.2, -0.15) is 0 Å². The van der Waals surface area contributed by atoms with Crippen LogP contribution in [0.1, 0.15) is 31.9 Å². The van der Waals surface area contributed by atoms with Gasteiger partial charge in [-0.15, -0.1) is 0 Å². The Morgan fingerprint density at radius 2 is 1.37 bits per heavy atom. The van der Waals surface area contributed by atoms with Gasteiger partial charge in [0.1, 0.15) is 24.0 Å². The Labute approximate surface area is 223 Å². The van der Waals surface area contributed by atoms with E-state index in [9.17, 15) is 0 Å². The van der Waals surface area contributed by atoms with Gasteiger partial charge in [-0.1, -0.05) is 81.4 Å². The number of fused-ring (bicyclic) bond motifs is 3. The fourth-order valence-corrected chi connectivity index (χ4v) is 5.34. The average Bonchev–Trinajstić information content (AvgIpc) is 3.30. The molecule has 3 heteroatoms. The van der Waals surface area contributed by atoms with Gasteiger partial charge in [-0.3, -0.25) is 0 Å². The van der Waals surface area contributed by atoms with Gasteiger partial charge >= 0.3 is 0 Å². The van der Waals surface area contributed by atoms with E-state index in [1.54, 1.807) is 6.07 Å². The van der Waals surface area contributed by atoms with Gasteiger partial charge in [0.15, 0.2) is 6.20 Å². The largest absolute Gasteiger partial charge is 0.454 e. The number of hydrogen-bond acceptors (Lipinski definition) is 1. The zero-order valence-corrected chi connectivity index (χ0v) is 22.5. The predicted octanol–water partition coefficient (Wildman–Crippen LogP) is 9.16. The summed E-state index contributed by atoms with van der Waals surface area (Å²) in [7, 11) is 2.01. The van der Waals surface area contributed by atoms with E-state index in [1.807, 2.05) is 43.6 Å². The monoisotopic (exact) mass is 500 g/mol. The summed E-state index contributed by atoms with van der Waals surface area (Å²) < 4.78 is 23.9. The SMILES string of the molecule is Cc1ccc2c(oc3c(-c4ccc(-c5ccc(C(C)(C)C)cc5)cc4)ccc(F)c32)c1-c1cccc[n+]1C. The third kappa shape index (κ3) is 3.99. The average molecular weight is 501 g/mol. The molecule has 0 aliphatic rings. The van der Waals surface area contributed by atoms with Crippen LogP contribution in [0, 0.1) is 12.7 Å². The molecule has 6 aromatic rings. The van der Waals surface area contributed by atoms with Crippen molar-refractivity contribution in [3.63, 3.8) is 0 Å². The number of nitrogens with zero attached hydrogens (tertiary/aromatic N) is 1. The lowest BCUT2D eigenvalue weighted by molar-refractivity contribution is -0.660. The minimum Gasteiger partial charge on any atom is -0.454 e. The molecule has 0 atom stereocenters. The van der Waals surface area contributed by atoms with Crippen molar-refractivity contribution in [1.29, 1.82) is 0 Å². The van der Waals surface area contributed by atoms with Crippen LogP contribution < -0.4 is 4.57 Å². The number of hydrogen-bond donors (Lipinski definition) is 0. The summed E-state index contributed by atoms with van der Waals surface area (Å²) in [4.78, 5) is 0. The second-order valence-corrected chi connectivity index (χ2v) is 11.1. The first-order chi connectivity index (χ1) is 18.2. The Morgan fingerprint density at radius 1 is 0.711 bits per heavy atom. The number of halogens is 1. The maximum absolute atomic E-state index is 15.3. The Kier molecular flexibility index (Phi) is 5.68. The summed E-state index contributed by atoms with van der Waals surface area (Å²) in [6, 6.07) is 30.7. The van der Waals surface area contributed by atoms with Gasteiger partial charge < -0.3 is 4.42 Å². The fourth-order valence-electron chi connectivity index (χ4n) is 5.34. The van der Waals surface area contributed by atoms with Crippen LogP contribution in [0.3, 0.4) is 0 Å². The topological polar surface area (TPSA) is 17.0 Å². The highest BCUT2D eigenvalue weighted by Crippen LogP contribution is 2.42. The van der Waals surface area contributed by atoms with Crippen molar-refractivity contribution in [2.75, 3.05) is 0 Å². The van der Waals surface area contributed by atoms with E-state index in [4.69, 9.17) is 4.42 Å². The van der Waals surface area contributed by atoms with Crippen LogP contribution in [-0.2, 0) is 12.5 Å². The second kappa shape index (κ2) is 8.95. The van der Waals surface area contributed by atoms with Crippen LogP contribution in [0.2, 0.25) is 0 Å². The van der Waals surface area contributed by atoms with E-state index in [0.717, 1.165) is 38.9 Å². The van der Waals surface area contributed by atoms with E-state index >= 15 is 4.39 Å². The Bertz CT molecular complexity index is 1800. The molecular weight excluding hydrogens is 469 g/mol. The number of aryl methyl sites for hydroxylation is 2. The van der Waals surface area contributed by atoms with Crippen LogP contribution in [0.25, 0.3) is 55.4 Å². The Balaban J connectivity index is 1.48. The number of benzene rings is 4. The minimum absolute atomic E-state index is 0.124. The van der Waals surface area contributed by atoms with E-state index in [0.29, 0.717) is 16.6 Å². The third-order valence-electron chi connectivity index (χ3n) is 7.54. The first-order valence-electron chi connectivity index (χ1n) is 13.0. The van der Waals surface area contributed by atoms with E-state index in [-0.39, 0.29) is 11.2 Å². The minimum atomic E-state index is -0.273. The third-order valence-corrected chi connectivity index (χ3v) is 7.54. The van der Waals surface area contributed by atoms with Crippen molar-refractivity contribution in [3.05, 3.63) is 114 Å². The summed E-state index contributed by atoms with van der Waals surface area (Å²) in [5.74, 6) is -0.273. The molecule has 0 unspecified atom stereocenters. The van der Waals surface area contributed by atoms with Gasteiger partial charge in [0.2, 0.25) is 5.69 Å². The molecule has 0 spiro atoms. The molecule has 0 fully saturated rings. The quantitative estimate of drug-likeness (QED) is 0.221. The van der Waals surface area contributed by atoms with Crippen molar-refractivity contribution in [2.45, 2.75) is 33.1 Å². The van der Waals surface area contributed by atoms with Crippen molar-refractivity contribution in [2.24, 2.45) is 7.05 Å². The summed E-state index contributed by atoms with van der Waals surface area (Å²) in [5, 5.41) is 1.32. The first kappa shape index (κ1) is 24.1. The molecule has 38 heavy (non-hydrogen) atoms.